The van der Waals surface area contributed by atoms with Crippen LogP contribution in [0.4, 0.5) is 0 Å². The van der Waals surface area contributed by atoms with Crippen LogP contribution in [0.5, 0.6) is 0 Å². The molecular weight excluding hydrogens is 126 g/mol. The van der Waals surface area contributed by atoms with Gasteiger partial charge in [-0.05, 0) is 31.8 Å². The smallest absolute Gasteiger partial charge is 0.0462 e. The molecule has 0 atom stereocenters. The zero-order valence-electron chi connectivity index (χ0n) is 6.73. The van der Waals surface area contributed by atoms with Crippen molar-refractivity contribution in [1.29, 1.82) is 0 Å². The Kier molecular flexibility index (Phi) is 3.76. The van der Waals surface area contributed by atoms with Gasteiger partial charge in [0.05, 0.1) is 0 Å². The van der Waals surface area contributed by atoms with Gasteiger partial charge in [-0.2, -0.15) is 0 Å². The fraction of sp³-hybridized carbons (Fsp3) is 1.00. The van der Waals surface area contributed by atoms with Gasteiger partial charge in [0.1, 0.15) is 0 Å². The Morgan fingerprint density at radius 1 is 1.40 bits per heavy atom. The molecule has 10 heavy (non-hydrogen) atoms. The van der Waals surface area contributed by atoms with E-state index >= 15 is 0 Å². The van der Waals surface area contributed by atoms with Crippen LogP contribution < -0.4 is 5.32 Å². The Balaban J connectivity index is 1.76. The number of methoxy groups -OCH3 is 1. The molecule has 1 N–H and O–H groups in total. The van der Waals surface area contributed by atoms with Crippen molar-refractivity contribution in [2.45, 2.75) is 19.3 Å². The van der Waals surface area contributed by atoms with Gasteiger partial charge >= 0.3 is 0 Å². The molecular formula is C8H17NO. The topological polar surface area (TPSA) is 21.3 Å². The molecule has 0 aliphatic carbocycles. The second-order valence-electron chi connectivity index (χ2n) is 3.01. The molecule has 0 spiro atoms. The molecule has 60 valence electrons. The van der Waals surface area contributed by atoms with Crippen molar-refractivity contribution in [3.63, 3.8) is 0 Å². The normalized spacial score (nSPS) is 18.9. The van der Waals surface area contributed by atoms with Crippen molar-refractivity contribution >= 4 is 0 Å². The lowest BCUT2D eigenvalue weighted by Crippen LogP contribution is -2.41. The summed E-state index contributed by atoms with van der Waals surface area (Å²) in [5.74, 6) is 0.969. The number of nitrogens with one attached hydrogen (secondary N) is 1. The Labute approximate surface area is 63.0 Å². The fourth-order valence-electron chi connectivity index (χ4n) is 1.23. The highest BCUT2D eigenvalue weighted by Gasteiger charge is 2.14. The first-order chi connectivity index (χ1) is 4.93. The second-order valence-corrected chi connectivity index (χ2v) is 3.01. The van der Waals surface area contributed by atoms with Gasteiger partial charge in [0.25, 0.3) is 0 Å². The molecule has 0 aromatic carbocycles. The molecule has 0 aromatic rings. The molecule has 1 fully saturated rings. The van der Waals surface area contributed by atoms with E-state index < -0.39 is 0 Å². The highest BCUT2D eigenvalue weighted by molar-refractivity contribution is 4.73. The summed E-state index contributed by atoms with van der Waals surface area (Å²) in [5, 5.41) is 3.27. The predicted octanol–water partition coefficient (Wildman–Crippen LogP) is 1.02. The summed E-state index contributed by atoms with van der Waals surface area (Å²) in [6.45, 7) is 3.42. The van der Waals surface area contributed by atoms with Gasteiger partial charge in [-0.1, -0.05) is 6.42 Å². The van der Waals surface area contributed by atoms with Crippen LogP contribution in [0.25, 0.3) is 0 Å². The van der Waals surface area contributed by atoms with Crippen molar-refractivity contribution in [3.8, 4) is 0 Å². The van der Waals surface area contributed by atoms with Crippen molar-refractivity contribution < 1.29 is 4.74 Å². The maximum Gasteiger partial charge on any atom is 0.0462 e. The van der Waals surface area contributed by atoms with Gasteiger partial charge in [-0.15, -0.1) is 0 Å². The van der Waals surface area contributed by atoms with Crippen LogP contribution in [0, 0.1) is 5.92 Å². The van der Waals surface area contributed by atoms with Crippen molar-refractivity contribution in [3.05, 3.63) is 0 Å². The summed E-state index contributed by atoms with van der Waals surface area (Å²) in [6, 6.07) is 0. The highest BCUT2D eigenvalue weighted by Crippen LogP contribution is 2.11. The van der Waals surface area contributed by atoms with Crippen LogP contribution in [0.15, 0.2) is 0 Å². The Morgan fingerprint density at radius 2 is 2.20 bits per heavy atom. The summed E-state index contributed by atoms with van der Waals surface area (Å²) in [5.41, 5.74) is 0. The quantitative estimate of drug-likeness (QED) is 0.580. The number of ether oxygens (including phenoxy) is 1. The van der Waals surface area contributed by atoms with E-state index in [1.807, 2.05) is 0 Å². The molecule has 0 bridgehead atoms. The Morgan fingerprint density at radius 3 is 2.70 bits per heavy atom. The minimum absolute atomic E-state index is 0.931. The molecule has 1 saturated heterocycles. The van der Waals surface area contributed by atoms with Gasteiger partial charge in [0, 0.05) is 13.7 Å². The lowest BCUT2D eigenvalue weighted by Gasteiger charge is -2.26. The maximum atomic E-state index is 4.96. The van der Waals surface area contributed by atoms with E-state index in [1.54, 1.807) is 7.11 Å². The monoisotopic (exact) mass is 143 g/mol. The summed E-state index contributed by atoms with van der Waals surface area (Å²) in [7, 11) is 1.77. The number of hydrogen-bond donors (Lipinski definition) is 1. The molecule has 1 aliphatic rings. The second kappa shape index (κ2) is 4.69. The van der Waals surface area contributed by atoms with E-state index in [1.165, 1.54) is 32.4 Å². The van der Waals surface area contributed by atoms with E-state index in [0.717, 1.165) is 12.5 Å². The summed E-state index contributed by atoms with van der Waals surface area (Å²) < 4.78 is 4.96. The molecule has 1 rings (SSSR count). The molecule has 0 aromatic heterocycles. The summed E-state index contributed by atoms with van der Waals surface area (Å²) in [6.07, 6.45) is 3.95. The SMILES string of the molecule is COCCCCC1CNC1. The van der Waals surface area contributed by atoms with E-state index in [2.05, 4.69) is 5.32 Å². The van der Waals surface area contributed by atoms with Crippen LogP contribution >= 0.6 is 0 Å². The third-order valence-electron chi connectivity index (χ3n) is 2.08. The molecule has 0 amide bonds. The van der Waals surface area contributed by atoms with Gasteiger partial charge < -0.3 is 10.1 Å². The molecule has 0 saturated carbocycles. The van der Waals surface area contributed by atoms with Crippen molar-refractivity contribution in [2.24, 2.45) is 5.92 Å². The van der Waals surface area contributed by atoms with Gasteiger partial charge in [0.2, 0.25) is 0 Å². The maximum absolute atomic E-state index is 4.96. The molecule has 2 heteroatoms. The average molecular weight is 143 g/mol. The van der Waals surface area contributed by atoms with Crippen LogP contribution in [0.1, 0.15) is 19.3 Å². The van der Waals surface area contributed by atoms with Crippen LogP contribution in [0.3, 0.4) is 0 Å². The van der Waals surface area contributed by atoms with Crippen molar-refractivity contribution in [2.75, 3.05) is 26.8 Å². The third kappa shape index (κ3) is 2.67. The third-order valence-corrected chi connectivity index (χ3v) is 2.08. The van der Waals surface area contributed by atoms with E-state index in [9.17, 15) is 0 Å². The Hall–Kier alpha value is -0.0800. The lowest BCUT2D eigenvalue weighted by atomic mass is 9.97. The van der Waals surface area contributed by atoms with E-state index in [4.69, 9.17) is 4.74 Å². The van der Waals surface area contributed by atoms with Gasteiger partial charge in [-0.25, -0.2) is 0 Å². The van der Waals surface area contributed by atoms with Crippen LogP contribution in [0.2, 0.25) is 0 Å². The fourth-order valence-corrected chi connectivity index (χ4v) is 1.23. The first-order valence-corrected chi connectivity index (χ1v) is 4.13. The summed E-state index contributed by atoms with van der Waals surface area (Å²) >= 11 is 0. The average Bonchev–Trinajstić information content (AvgIpc) is 1.84. The molecule has 0 unspecified atom stereocenters. The first-order valence-electron chi connectivity index (χ1n) is 4.13. The van der Waals surface area contributed by atoms with Crippen molar-refractivity contribution in [1.82, 2.24) is 5.32 Å². The van der Waals surface area contributed by atoms with Gasteiger partial charge in [-0.3, -0.25) is 0 Å². The number of rotatable bonds is 5. The number of unbranched alkanes of at least 4 members (excludes halogenated alkanes) is 1. The predicted molar refractivity (Wildman–Crippen MR) is 42.1 cm³/mol. The van der Waals surface area contributed by atoms with Crippen LogP contribution in [-0.4, -0.2) is 26.8 Å². The summed E-state index contributed by atoms with van der Waals surface area (Å²) in [4.78, 5) is 0. The lowest BCUT2D eigenvalue weighted by molar-refractivity contribution is 0.187. The molecule has 0 radical (unpaired) electrons. The van der Waals surface area contributed by atoms with E-state index in [-0.39, 0.29) is 0 Å². The van der Waals surface area contributed by atoms with Gasteiger partial charge in [0.15, 0.2) is 0 Å². The zero-order valence-corrected chi connectivity index (χ0v) is 6.73. The minimum Gasteiger partial charge on any atom is -0.385 e. The first kappa shape index (κ1) is 8.02. The molecule has 2 nitrogen and oxygen atoms in total. The van der Waals surface area contributed by atoms with E-state index in [0.29, 0.717) is 0 Å². The highest BCUT2D eigenvalue weighted by atomic mass is 16.5. The molecule has 1 aliphatic heterocycles. The molecule has 1 heterocycles. The standard InChI is InChI=1S/C8H17NO/c1-10-5-3-2-4-8-6-9-7-8/h8-9H,2-7H2,1H3. The minimum atomic E-state index is 0.931. The largest absolute Gasteiger partial charge is 0.385 e. The Bertz CT molecular complexity index is 81.3. The number of hydrogen-bond acceptors (Lipinski definition) is 2. The zero-order chi connectivity index (χ0) is 7.23. The van der Waals surface area contributed by atoms with Crippen LogP contribution in [-0.2, 0) is 4.74 Å².